The highest BCUT2D eigenvalue weighted by molar-refractivity contribution is 6.35. The van der Waals surface area contributed by atoms with Gasteiger partial charge in [0.25, 0.3) is 0 Å². The lowest BCUT2D eigenvalue weighted by Crippen LogP contribution is -2.20. The standard InChI is InChI=1S/C25H23Cl3N2O3/c1-15-4-5-16(2)19(8-15)11-24(31)30-29-13-17-9-22(28)25(23(10-17)32-3)33-14-18-6-7-20(26)12-21(18)27/h4-10,12-13H,11,14H2,1-3H3,(H,30,31)/b29-13+. The Kier molecular flexibility index (Phi) is 8.61. The zero-order valence-corrected chi connectivity index (χ0v) is 20.7. The molecule has 0 saturated carbocycles. The monoisotopic (exact) mass is 504 g/mol. The van der Waals surface area contributed by atoms with E-state index in [1.54, 1.807) is 30.3 Å². The molecule has 0 saturated heterocycles. The molecule has 0 aromatic heterocycles. The summed E-state index contributed by atoms with van der Waals surface area (Å²) in [5.41, 5.74) is 7.08. The Bertz CT molecular complexity index is 1200. The van der Waals surface area contributed by atoms with Crippen LogP contribution < -0.4 is 14.9 Å². The van der Waals surface area contributed by atoms with Gasteiger partial charge in [-0.3, -0.25) is 4.79 Å². The van der Waals surface area contributed by atoms with Gasteiger partial charge in [0.15, 0.2) is 11.5 Å². The van der Waals surface area contributed by atoms with Crippen LogP contribution in [0.1, 0.15) is 27.8 Å². The van der Waals surface area contributed by atoms with Crippen molar-refractivity contribution in [2.45, 2.75) is 26.9 Å². The van der Waals surface area contributed by atoms with Crippen molar-refractivity contribution in [1.82, 2.24) is 5.43 Å². The van der Waals surface area contributed by atoms with Crippen LogP contribution in [0, 0.1) is 13.8 Å². The third kappa shape index (κ3) is 6.87. The van der Waals surface area contributed by atoms with Gasteiger partial charge >= 0.3 is 0 Å². The van der Waals surface area contributed by atoms with Gasteiger partial charge in [-0.2, -0.15) is 5.10 Å². The van der Waals surface area contributed by atoms with Crippen molar-refractivity contribution in [2.24, 2.45) is 5.10 Å². The van der Waals surface area contributed by atoms with Gasteiger partial charge in [0.05, 0.1) is 24.8 Å². The topological polar surface area (TPSA) is 59.9 Å². The molecule has 172 valence electrons. The minimum atomic E-state index is -0.210. The van der Waals surface area contributed by atoms with Crippen molar-refractivity contribution in [1.29, 1.82) is 0 Å². The van der Waals surface area contributed by atoms with Crippen molar-refractivity contribution in [3.63, 3.8) is 0 Å². The number of aryl methyl sites for hydroxylation is 2. The molecule has 0 aliphatic heterocycles. The van der Waals surface area contributed by atoms with Gasteiger partial charge < -0.3 is 9.47 Å². The van der Waals surface area contributed by atoms with Gasteiger partial charge in [0.1, 0.15) is 6.61 Å². The van der Waals surface area contributed by atoms with Crippen LogP contribution in [-0.2, 0) is 17.8 Å². The number of hydrogen-bond donors (Lipinski definition) is 1. The van der Waals surface area contributed by atoms with E-state index in [-0.39, 0.29) is 18.9 Å². The van der Waals surface area contributed by atoms with E-state index in [1.165, 1.54) is 13.3 Å². The van der Waals surface area contributed by atoms with Crippen LogP contribution in [-0.4, -0.2) is 19.2 Å². The molecule has 1 N–H and O–H groups in total. The third-order valence-electron chi connectivity index (χ3n) is 4.90. The number of nitrogens with one attached hydrogen (secondary N) is 1. The fraction of sp³-hybridized carbons (Fsp3) is 0.200. The van der Waals surface area contributed by atoms with E-state index in [2.05, 4.69) is 10.5 Å². The van der Waals surface area contributed by atoms with E-state index < -0.39 is 0 Å². The number of halogens is 3. The fourth-order valence-corrected chi connectivity index (χ4v) is 3.86. The quantitative estimate of drug-likeness (QED) is 0.279. The van der Waals surface area contributed by atoms with Crippen LogP contribution in [0.5, 0.6) is 11.5 Å². The molecule has 8 heteroatoms. The predicted molar refractivity (Wildman–Crippen MR) is 134 cm³/mol. The van der Waals surface area contributed by atoms with E-state index in [0.717, 1.165) is 22.3 Å². The van der Waals surface area contributed by atoms with Gasteiger partial charge in [0, 0.05) is 15.6 Å². The second kappa shape index (κ2) is 11.4. The Labute approximate surface area is 208 Å². The maximum absolute atomic E-state index is 12.3. The highest BCUT2D eigenvalue weighted by atomic mass is 35.5. The molecule has 1 amide bonds. The number of carbonyl (C=O) groups excluding carboxylic acids is 1. The Morgan fingerprint density at radius 1 is 1.00 bits per heavy atom. The smallest absolute Gasteiger partial charge is 0.244 e. The number of ether oxygens (including phenoxy) is 2. The average molecular weight is 506 g/mol. The number of benzene rings is 3. The number of hydrazone groups is 1. The van der Waals surface area contributed by atoms with Crippen LogP contribution in [0.15, 0.2) is 53.6 Å². The van der Waals surface area contributed by atoms with E-state index in [0.29, 0.717) is 32.1 Å². The molecule has 33 heavy (non-hydrogen) atoms. The van der Waals surface area contributed by atoms with E-state index >= 15 is 0 Å². The van der Waals surface area contributed by atoms with E-state index in [1.807, 2.05) is 32.0 Å². The molecule has 3 aromatic rings. The van der Waals surface area contributed by atoms with E-state index in [4.69, 9.17) is 44.3 Å². The molecular formula is C25H23Cl3N2O3. The van der Waals surface area contributed by atoms with Gasteiger partial charge in [-0.15, -0.1) is 0 Å². The third-order valence-corrected chi connectivity index (χ3v) is 5.77. The number of carbonyl (C=O) groups is 1. The van der Waals surface area contributed by atoms with Gasteiger partial charge in [0.2, 0.25) is 5.91 Å². The second-order valence-corrected chi connectivity index (χ2v) is 8.71. The first-order valence-corrected chi connectivity index (χ1v) is 11.2. The maximum Gasteiger partial charge on any atom is 0.244 e. The Balaban J connectivity index is 1.66. The van der Waals surface area contributed by atoms with Crippen molar-refractivity contribution < 1.29 is 14.3 Å². The lowest BCUT2D eigenvalue weighted by Gasteiger charge is -2.14. The maximum atomic E-state index is 12.3. The first-order chi connectivity index (χ1) is 15.8. The van der Waals surface area contributed by atoms with Crippen LogP contribution in [0.3, 0.4) is 0 Å². The fourth-order valence-electron chi connectivity index (χ4n) is 3.13. The summed E-state index contributed by atoms with van der Waals surface area (Å²) in [6.07, 6.45) is 1.74. The highest BCUT2D eigenvalue weighted by Crippen LogP contribution is 2.37. The summed E-state index contributed by atoms with van der Waals surface area (Å²) >= 11 is 18.6. The van der Waals surface area contributed by atoms with Crippen molar-refractivity contribution in [3.8, 4) is 11.5 Å². The summed E-state index contributed by atoms with van der Waals surface area (Å²) in [6, 6.07) is 14.6. The van der Waals surface area contributed by atoms with Crippen LogP contribution in [0.25, 0.3) is 0 Å². The van der Waals surface area contributed by atoms with Gasteiger partial charge in [-0.1, -0.05) is 64.6 Å². The summed E-state index contributed by atoms with van der Waals surface area (Å²) in [7, 11) is 1.51. The molecule has 0 aliphatic rings. The summed E-state index contributed by atoms with van der Waals surface area (Å²) in [4.78, 5) is 12.3. The molecule has 5 nitrogen and oxygen atoms in total. The molecule has 0 bridgehead atoms. The van der Waals surface area contributed by atoms with Crippen molar-refractivity contribution in [2.75, 3.05) is 7.11 Å². The first kappa shape index (κ1) is 24.9. The molecule has 3 rings (SSSR count). The summed E-state index contributed by atoms with van der Waals surface area (Å²) in [5, 5.41) is 5.42. The lowest BCUT2D eigenvalue weighted by atomic mass is 10.0. The van der Waals surface area contributed by atoms with Crippen molar-refractivity contribution >= 4 is 46.9 Å². The normalized spacial score (nSPS) is 11.0. The highest BCUT2D eigenvalue weighted by Gasteiger charge is 2.13. The summed E-state index contributed by atoms with van der Waals surface area (Å²) in [5.74, 6) is 0.592. The minimum absolute atomic E-state index is 0.188. The zero-order chi connectivity index (χ0) is 24.0. The second-order valence-electron chi connectivity index (χ2n) is 7.46. The Morgan fingerprint density at radius 2 is 1.79 bits per heavy atom. The lowest BCUT2D eigenvalue weighted by molar-refractivity contribution is -0.120. The van der Waals surface area contributed by atoms with Gasteiger partial charge in [-0.25, -0.2) is 5.43 Å². The molecular weight excluding hydrogens is 483 g/mol. The first-order valence-electron chi connectivity index (χ1n) is 10.1. The van der Waals surface area contributed by atoms with Crippen molar-refractivity contribution in [3.05, 3.63) is 91.4 Å². The minimum Gasteiger partial charge on any atom is -0.493 e. The molecule has 0 spiro atoms. The predicted octanol–water partition coefficient (Wildman–Crippen LogP) is 6.54. The summed E-state index contributed by atoms with van der Waals surface area (Å²) in [6.45, 7) is 4.16. The van der Waals surface area contributed by atoms with Gasteiger partial charge in [-0.05, 0) is 54.8 Å². The average Bonchev–Trinajstić information content (AvgIpc) is 2.76. The molecule has 0 fully saturated rings. The molecule has 0 radical (unpaired) electrons. The zero-order valence-electron chi connectivity index (χ0n) is 18.4. The van der Waals surface area contributed by atoms with Crippen LogP contribution in [0.2, 0.25) is 15.1 Å². The number of methoxy groups -OCH3 is 1. The SMILES string of the molecule is COc1cc(/C=N/NC(=O)Cc2cc(C)ccc2C)cc(Cl)c1OCc1ccc(Cl)cc1Cl. The number of rotatable bonds is 8. The molecule has 0 unspecified atom stereocenters. The Morgan fingerprint density at radius 3 is 2.52 bits per heavy atom. The molecule has 0 heterocycles. The molecule has 0 atom stereocenters. The van der Waals surface area contributed by atoms with Crippen LogP contribution in [0.4, 0.5) is 0 Å². The molecule has 3 aromatic carbocycles. The Hall–Kier alpha value is -2.73. The number of hydrogen-bond acceptors (Lipinski definition) is 4. The summed E-state index contributed by atoms with van der Waals surface area (Å²) < 4.78 is 11.3. The number of nitrogens with zero attached hydrogens (tertiary/aromatic N) is 1. The largest absolute Gasteiger partial charge is 0.493 e. The van der Waals surface area contributed by atoms with Crippen LogP contribution >= 0.6 is 34.8 Å². The number of amides is 1. The molecule has 0 aliphatic carbocycles. The van der Waals surface area contributed by atoms with E-state index in [9.17, 15) is 4.79 Å².